The third kappa shape index (κ3) is 10.4. The average Bonchev–Trinajstić information content (AvgIpc) is 1.59. The van der Waals surface area contributed by atoms with Crippen LogP contribution in [0.4, 0.5) is 0 Å². The highest BCUT2D eigenvalue weighted by atomic mass is 15.0. The van der Waals surface area contributed by atoms with Crippen molar-refractivity contribution < 1.29 is 0 Å². The molecular formula is C90H58N8. The van der Waals surface area contributed by atoms with Crippen molar-refractivity contribution >= 4 is 43.6 Å². The number of aromatic nitrogens is 8. The van der Waals surface area contributed by atoms with Gasteiger partial charge in [-0.15, -0.1) is 0 Å². The van der Waals surface area contributed by atoms with E-state index in [2.05, 4.69) is 325 Å². The number of hydrogen-bond donors (Lipinski definition) is 0. The molecule has 0 aliphatic rings. The Bertz CT molecular complexity index is 5520. The van der Waals surface area contributed by atoms with Gasteiger partial charge in [0.05, 0.1) is 56.2 Å². The predicted molar refractivity (Wildman–Crippen MR) is 402 cm³/mol. The topological polar surface area (TPSA) is 87.2 Å². The maximum absolute atomic E-state index is 5.91. The molecule has 0 spiro atoms. The lowest BCUT2D eigenvalue weighted by atomic mass is 9.82. The number of para-hydroxylation sites is 4. The normalized spacial score (nSPS) is 11.5. The lowest BCUT2D eigenvalue weighted by Gasteiger charge is -2.24. The molecule has 98 heavy (non-hydrogen) atoms. The Morgan fingerprint density at radius 3 is 0.735 bits per heavy atom. The average molecular weight is 1250 g/mol. The van der Waals surface area contributed by atoms with Crippen LogP contribution in [0.2, 0.25) is 0 Å². The van der Waals surface area contributed by atoms with Crippen molar-refractivity contribution in [3.05, 3.63) is 352 Å². The van der Waals surface area contributed by atoms with Gasteiger partial charge in [-0.05, 0) is 96.1 Å². The first-order valence-corrected chi connectivity index (χ1v) is 33.0. The summed E-state index contributed by atoms with van der Waals surface area (Å²) in [5.74, 6) is 1.47. The lowest BCUT2D eigenvalue weighted by molar-refractivity contribution is 1.16. The molecule has 0 aliphatic heterocycles. The Hall–Kier alpha value is -13.3. The molecule has 0 aliphatic carbocycles. The fraction of sp³-hybridized carbons (Fsp3) is 0. The van der Waals surface area contributed by atoms with E-state index in [-0.39, 0.29) is 0 Å². The molecular weight excluding hydrogens is 1190 g/mol. The smallest absolute Gasteiger partial charge is 0.161 e. The van der Waals surface area contributed by atoms with E-state index in [0.717, 1.165) is 161 Å². The molecule has 0 fully saturated rings. The minimum atomic E-state index is 0.488. The van der Waals surface area contributed by atoms with Crippen molar-refractivity contribution in [3.63, 3.8) is 0 Å². The van der Waals surface area contributed by atoms with E-state index in [9.17, 15) is 0 Å². The summed E-state index contributed by atoms with van der Waals surface area (Å²) in [7, 11) is 0. The first kappa shape index (κ1) is 57.4. The second-order valence-electron chi connectivity index (χ2n) is 24.5. The van der Waals surface area contributed by atoms with Crippen LogP contribution in [0.3, 0.4) is 0 Å². The number of fused-ring (bicyclic) bond motifs is 6. The fourth-order valence-electron chi connectivity index (χ4n) is 14.1. The second-order valence-corrected chi connectivity index (χ2v) is 24.5. The van der Waals surface area contributed by atoms with Gasteiger partial charge in [0.2, 0.25) is 0 Å². The zero-order valence-corrected chi connectivity index (χ0v) is 53.1. The molecule has 0 bridgehead atoms. The van der Waals surface area contributed by atoms with Crippen LogP contribution in [0.25, 0.3) is 179 Å². The van der Waals surface area contributed by atoms with Crippen LogP contribution >= 0.6 is 0 Å². The first-order chi connectivity index (χ1) is 48.6. The van der Waals surface area contributed by atoms with Gasteiger partial charge in [-0.1, -0.05) is 267 Å². The third-order valence-electron chi connectivity index (χ3n) is 18.6. The summed E-state index contributed by atoms with van der Waals surface area (Å²) in [5, 5.41) is 4.35. The van der Waals surface area contributed by atoms with Crippen molar-refractivity contribution in [1.29, 1.82) is 0 Å². The van der Waals surface area contributed by atoms with Crippen LogP contribution in [0.5, 0.6) is 0 Å². The van der Waals surface area contributed by atoms with Crippen LogP contribution in [0.15, 0.2) is 352 Å². The Morgan fingerprint density at radius 1 is 0.173 bits per heavy atom. The predicted octanol–water partition coefficient (Wildman–Crippen LogP) is 22.6. The fourth-order valence-corrected chi connectivity index (χ4v) is 14.1. The van der Waals surface area contributed by atoms with Crippen molar-refractivity contribution in [1.82, 2.24) is 39.0 Å². The number of rotatable bonds is 13. The van der Waals surface area contributed by atoms with Gasteiger partial charge in [0.1, 0.15) is 0 Å². The molecule has 0 saturated carbocycles. The molecule has 0 amide bonds. The highest BCUT2D eigenvalue weighted by Crippen LogP contribution is 2.52. The van der Waals surface area contributed by atoms with Gasteiger partial charge in [0.25, 0.3) is 0 Å². The quantitative estimate of drug-likeness (QED) is 0.114. The molecule has 5 heterocycles. The van der Waals surface area contributed by atoms with Crippen LogP contribution in [-0.2, 0) is 0 Å². The lowest BCUT2D eigenvalue weighted by Crippen LogP contribution is -2.06. The molecule has 18 rings (SSSR count). The zero-order valence-electron chi connectivity index (χ0n) is 53.1. The van der Waals surface area contributed by atoms with E-state index in [1.165, 1.54) is 0 Å². The Balaban J connectivity index is 1.07. The van der Waals surface area contributed by atoms with Gasteiger partial charge in [0.15, 0.2) is 17.5 Å². The van der Waals surface area contributed by atoms with E-state index < -0.39 is 0 Å². The zero-order chi connectivity index (χ0) is 64.9. The Kier molecular flexibility index (Phi) is 14.4. The summed E-state index contributed by atoms with van der Waals surface area (Å²) in [6.07, 6.45) is 0. The van der Waals surface area contributed by atoms with Gasteiger partial charge in [-0.3, -0.25) is 0 Å². The van der Waals surface area contributed by atoms with E-state index in [4.69, 9.17) is 29.9 Å². The summed E-state index contributed by atoms with van der Waals surface area (Å²) in [4.78, 5) is 35.0. The highest BCUT2D eigenvalue weighted by Gasteiger charge is 2.31. The second kappa shape index (κ2) is 24.6. The summed E-state index contributed by atoms with van der Waals surface area (Å²) in [6.45, 7) is 0. The third-order valence-corrected chi connectivity index (χ3v) is 18.6. The summed E-state index contributed by atoms with van der Waals surface area (Å²) in [5.41, 5.74) is 22.3. The molecule has 13 aromatic carbocycles. The summed E-state index contributed by atoms with van der Waals surface area (Å²) in [6, 6.07) is 124. The highest BCUT2D eigenvalue weighted by molar-refractivity contribution is 6.15. The molecule has 18 aromatic rings. The minimum absolute atomic E-state index is 0.488. The van der Waals surface area contributed by atoms with Gasteiger partial charge >= 0.3 is 0 Å². The van der Waals surface area contributed by atoms with Crippen LogP contribution in [-0.4, -0.2) is 39.0 Å². The summed E-state index contributed by atoms with van der Waals surface area (Å²) >= 11 is 0. The monoisotopic (exact) mass is 1250 g/mol. The van der Waals surface area contributed by atoms with Crippen LogP contribution in [0.1, 0.15) is 0 Å². The van der Waals surface area contributed by atoms with Crippen molar-refractivity contribution in [3.8, 4) is 135 Å². The number of hydrogen-bond acceptors (Lipinski definition) is 6. The SMILES string of the molecule is c1ccc(-c2cc(-c3ccccc3)nc(-c3cc(-c4nc(-c5ccccc5)cc(-c5ccccc5)n4)c(-c4ccc5c(c4)c4ccccc4n5-c4ccccc4)c(-c4nc(-c5ccccc5)cc(-c5ccccc5)n4)c3-c3ccc4c(c3)c3ccccc3n4-c3ccccc3)n2)cc1. The van der Waals surface area contributed by atoms with Crippen molar-refractivity contribution in [2.24, 2.45) is 0 Å². The molecule has 0 unspecified atom stereocenters. The van der Waals surface area contributed by atoms with Gasteiger partial charge < -0.3 is 9.13 Å². The minimum Gasteiger partial charge on any atom is -0.309 e. The molecule has 0 saturated heterocycles. The molecule has 5 aromatic heterocycles. The van der Waals surface area contributed by atoms with E-state index in [0.29, 0.717) is 17.5 Å². The Morgan fingerprint density at radius 2 is 0.429 bits per heavy atom. The maximum atomic E-state index is 5.91. The van der Waals surface area contributed by atoms with E-state index in [1.54, 1.807) is 0 Å². The van der Waals surface area contributed by atoms with Gasteiger partial charge in [-0.2, -0.15) is 0 Å². The standard InChI is InChI=1S/C90H58N8/c1-9-29-59(30-10-1)75-56-76(60-31-11-2-12-32-60)92-88(91-75)73-55-74(89-93-77(61-33-13-3-14-34-61)57-78(94-89)62-35-15-4-16-36-62)86(66-50-52-84-72(54-66)70-46-26-28-48-82(70)98(84)68-43-23-8-24-44-68)87(90-95-79(63-37-17-5-18-38-63)58-80(96-90)64-39-19-6-20-40-64)85(73)65-49-51-83-71(53-65)69-45-25-27-47-81(69)97(83)67-41-21-7-22-42-67/h1-58H. The molecule has 0 radical (unpaired) electrons. The summed E-state index contributed by atoms with van der Waals surface area (Å²) < 4.78 is 4.73. The van der Waals surface area contributed by atoms with Crippen LogP contribution in [0, 0.1) is 0 Å². The molecule has 8 nitrogen and oxygen atoms in total. The molecule has 0 atom stereocenters. The molecule has 0 N–H and O–H groups in total. The largest absolute Gasteiger partial charge is 0.309 e. The maximum Gasteiger partial charge on any atom is 0.161 e. The first-order valence-electron chi connectivity index (χ1n) is 33.0. The van der Waals surface area contributed by atoms with Crippen molar-refractivity contribution in [2.45, 2.75) is 0 Å². The number of nitrogens with zero attached hydrogens (tertiary/aromatic N) is 8. The number of benzene rings is 13. The molecule has 458 valence electrons. The van der Waals surface area contributed by atoms with Crippen LogP contribution < -0.4 is 0 Å². The van der Waals surface area contributed by atoms with E-state index in [1.807, 2.05) is 36.4 Å². The van der Waals surface area contributed by atoms with Gasteiger partial charge in [-0.25, -0.2) is 29.9 Å². The Labute approximate surface area is 566 Å². The van der Waals surface area contributed by atoms with Crippen molar-refractivity contribution in [2.75, 3.05) is 0 Å². The van der Waals surface area contributed by atoms with Gasteiger partial charge in [0, 0.05) is 94.1 Å². The molecule has 8 heteroatoms. The van der Waals surface area contributed by atoms with E-state index >= 15 is 0 Å².